The molecule has 112 valence electrons. The van der Waals surface area contributed by atoms with Crippen LogP contribution in [0.15, 0.2) is 29.6 Å². The van der Waals surface area contributed by atoms with Gasteiger partial charge in [0.2, 0.25) is 0 Å². The van der Waals surface area contributed by atoms with Crippen molar-refractivity contribution < 1.29 is 13.2 Å². The van der Waals surface area contributed by atoms with Crippen LogP contribution in [0.1, 0.15) is 16.1 Å². The van der Waals surface area contributed by atoms with Gasteiger partial charge in [-0.2, -0.15) is 0 Å². The summed E-state index contributed by atoms with van der Waals surface area (Å²) in [4.78, 5) is 15.8. The fourth-order valence-electron chi connectivity index (χ4n) is 1.77. The van der Waals surface area contributed by atoms with Gasteiger partial charge in [0.15, 0.2) is 0 Å². The molecule has 0 saturated heterocycles. The molecule has 0 saturated carbocycles. The topological polar surface area (TPSA) is 81.1 Å². The Balaban J connectivity index is 2.38. The molecule has 1 aromatic carbocycles. The lowest BCUT2D eigenvalue weighted by Crippen LogP contribution is -2.16. The number of rotatable bonds is 3. The Morgan fingerprint density at radius 1 is 1.38 bits per heavy atom. The summed E-state index contributed by atoms with van der Waals surface area (Å²) in [6.07, 6.45) is 2.91. The quantitative estimate of drug-likeness (QED) is 0.865. The number of aryl methyl sites for hydroxylation is 2. The predicted octanol–water partition coefficient (Wildman–Crippen LogP) is 2.56. The van der Waals surface area contributed by atoms with Crippen LogP contribution in [0, 0.1) is 6.92 Å². The van der Waals surface area contributed by atoms with Gasteiger partial charge < -0.3 is 9.88 Å². The predicted molar refractivity (Wildman–Crippen MR) is 80.4 cm³/mol. The van der Waals surface area contributed by atoms with E-state index in [-0.39, 0.29) is 9.92 Å². The molecule has 9 heteroatoms. The van der Waals surface area contributed by atoms with Crippen LogP contribution in [0.2, 0.25) is 5.02 Å². The Bertz CT molecular complexity index is 792. The molecule has 0 spiro atoms. The number of imidazole rings is 1. The van der Waals surface area contributed by atoms with Crippen LogP contribution in [-0.4, -0.2) is 23.9 Å². The lowest BCUT2D eigenvalue weighted by molar-refractivity contribution is 0.101. The first-order valence-corrected chi connectivity index (χ1v) is 8.41. The van der Waals surface area contributed by atoms with Crippen molar-refractivity contribution in [1.29, 1.82) is 0 Å². The molecule has 2 rings (SSSR count). The first-order valence-electron chi connectivity index (χ1n) is 5.72. The fourth-order valence-corrected chi connectivity index (χ4v) is 2.99. The normalized spacial score (nSPS) is 11.4. The smallest absolute Gasteiger partial charge is 0.273 e. The van der Waals surface area contributed by atoms with Gasteiger partial charge >= 0.3 is 0 Å². The van der Waals surface area contributed by atoms with Gasteiger partial charge in [0, 0.05) is 17.7 Å². The molecule has 2 aromatic rings. The number of anilines is 1. The minimum atomic E-state index is -3.88. The second-order valence-corrected chi connectivity index (χ2v) is 7.35. The number of hydrogen-bond donors (Lipinski definition) is 1. The van der Waals surface area contributed by atoms with Gasteiger partial charge in [0.1, 0.15) is 5.69 Å². The Morgan fingerprint density at radius 2 is 2.05 bits per heavy atom. The van der Waals surface area contributed by atoms with Gasteiger partial charge in [-0.25, -0.2) is 13.4 Å². The zero-order valence-corrected chi connectivity index (χ0v) is 13.4. The summed E-state index contributed by atoms with van der Waals surface area (Å²) in [5, 5.41) is 2.72. The summed E-state index contributed by atoms with van der Waals surface area (Å²) in [6.45, 7) is 1.62. The van der Waals surface area contributed by atoms with E-state index in [1.807, 2.05) is 0 Å². The van der Waals surface area contributed by atoms with Crippen molar-refractivity contribution >= 4 is 42.9 Å². The number of benzene rings is 1. The largest absolute Gasteiger partial charge is 0.330 e. The number of hydrogen-bond acceptors (Lipinski definition) is 4. The summed E-state index contributed by atoms with van der Waals surface area (Å²) >= 11 is 6.03. The van der Waals surface area contributed by atoms with Crippen molar-refractivity contribution in [3.63, 3.8) is 0 Å². The molecular weight excluding hydrogens is 337 g/mol. The standard InChI is InChI=1S/C12H11Cl2N3O3S/c1-7-3-8(21(14,19)20)4-9(13)11(7)16-12(18)10-5-15-6-17(10)2/h3-6H,1-2H3,(H,16,18). The van der Waals surface area contributed by atoms with Crippen molar-refractivity contribution in [2.45, 2.75) is 11.8 Å². The highest BCUT2D eigenvalue weighted by atomic mass is 35.7. The van der Waals surface area contributed by atoms with Crippen molar-refractivity contribution in [3.05, 3.63) is 40.9 Å². The first-order chi connectivity index (χ1) is 9.70. The third-order valence-electron chi connectivity index (χ3n) is 2.83. The van der Waals surface area contributed by atoms with E-state index in [2.05, 4.69) is 10.3 Å². The Hall–Kier alpha value is -1.57. The number of aromatic nitrogens is 2. The number of nitrogens with one attached hydrogen (secondary N) is 1. The fraction of sp³-hybridized carbons (Fsp3) is 0.167. The van der Waals surface area contributed by atoms with Gasteiger partial charge in [0.05, 0.1) is 28.1 Å². The molecule has 0 bridgehead atoms. The van der Waals surface area contributed by atoms with E-state index in [0.29, 0.717) is 16.9 Å². The number of carbonyl (C=O) groups excluding carboxylic acids is 1. The molecule has 0 aliphatic heterocycles. The molecule has 1 N–H and O–H groups in total. The van der Waals surface area contributed by atoms with Gasteiger partial charge in [0.25, 0.3) is 15.0 Å². The van der Waals surface area contributed by atoms with E-state index >= 15 is 0 Å². The Morgan fingerprint density at radius 3 is 2.52 bits per heavy atom. The summed E-state index contributed by atoms with van der Waals surface area (Å²) in [5.74, 6) is -0.401. The number of halogens is 2. The number of amides is 1. The minimum absolute atomic E-state index is 0.0877. The molecule has 1 aromatic heterocycles. The van der Waals surface area contributed by atoms with E-state index in [1.165, 1.54) is 24.7 Å². The number of nitrogens with zero attached hydrogens (tertiary/aromatic N) is 2. The van der Waals surface area contributed by atoms with Gasteiger partial charge in [-0.15, -0.1) is 0 Å². The molecular formula is C12H11Cl2N3O3S. The van der Waals surface area contributed by atoms with Gasteiger partial charge in [-0.05, 0) is 24.6 Å². The highest BCUT2D eigenvalue weighted by Crippen LogP contribution is 2.31. The monoisotopic (exact) mass is 347 g/mol. The van der Waals surface area contributed by atoms with Crippen LogP contribution in [-0.2, 0) is 16.1 Å². The van der Waals surface area contributed by atoms with Crippen LogP contribution in [0.25, 0.3) is 0 Å². The third-order valence-corrected chi connectivity index (χ3v) is 4.46. The minimum Gasteiger partial charge on any atom is -0.330 e. The Kier molecular flexibility index (Phi) is 4.27. The van der Waals surface area contributed by atoms with Gasteiger partial charge in [-0.1, -0.05) is 11.6 Å². The first kappa shape index (κ1) is 15.8. The summed E-state index contributed by atoms with van der Waals surface area (Å²) in [7, 11) is 3.08. The van der Waals surface area contributed by atoms with Gasteiger partial charge in [-0.3, -0.25) is 4.79 Å². The lowest BCUT2D eigenvalue weighted by atomic mass is 10.2. The second-order valence-electron chi connectivity index (χ2n) is 4.38. The second kappa shape index (κ2) is 5.67. The van der Waals surface area contributed by atoms with Crippen LogP contribution in [0.5, 0.6) is 0 Å². The van der Waals surface area contributed by atoms with E-state index in [9.17, 15) is 13.2 Å². The molecule has 21 heavy (non-hydrogen) atoms. The maximum atomic E-state index is 12.1. The molecule has 6 nitrogen and oxygen atoms in total. The maximum Gasteiger partial charge on any atom is 0.273 e. The molecule has 0 unspecified atom stereocenters. The molecule has 0 radical (unpaired) electrons. The van der Waals surface area contributed by atoms with Crippen LogP contribution in [0.4, 0.5) is 5.69 Å². The molecule has 1 amide bonds. The molecule has 0 fully saturated rings. The van der Waals surface area contributed by atoms with Crippen LogP contribution >= 0.6 is 22.3 Å². The highest BCUT2D eigenvalue weighted by Gasteiger charge is 2.18. The zero-order valence-electron chi connectivity index (χ0n) is 11.1. The SMILES string of the molecule is Cc1cc(S(=O)(=O)Cl)cc(Cl)c1NC(=O)c1cncn1C. The molecule has 0 atom stereocenters. The summed E-state index contributed by atoms with van der Waals surface area (Å²) in [6, 6.07) is 2.53. The van der Waals surface area contributed by atoms with Crippen molar-refractivity contribution in [1.82, 2.24) is 9.55 Å². The average Bonchev–Trinajstić information content (AvgIpc) is 2.78. The van der Waals surface area contributed by atoms with E-state index in [0.717, 1.165) is 0 Å². The lowest BCUT2D eigenvalue weighted by Gasteiger charge is -2.12. The molecule has 0 aliphatic rings. The summed E-state index contributed by atoms with van der Waals surface area (Å²) < 4.78 is 24.2. The van der Waals surface area contributed by atoms with E-state index < -0.39 is 15.0 Å². The third kappa shape index (κ3) is 3.37. The van der Waals surface area contributed by atoms with Crippen molar-refractivity contribution in [3.8, 4) is 0 Å². The van der Waals surface area contributed by atoms with E-state index in [1.54, 1.807) is 18.5 Å². The van der Waals surface area contributed by atoms with Crippen LogP contribution in [0.3, 0.4) is 0 Å². The molecule has 0 aliphatic carbocycles. The van der Waals surface area contributed by atoms with Crippen molar-refractivity contribution in [2.24, 2.45) is 7.05 Å². The number of carbonyl (C=O) groups is 1. The summed E-state index contributed by atoms with van der Waals surface area (Å²) in [5.41, 5.74) is 1.16. The average molecular weight is 348 g/mol. The Labute approximate surface area is 131 Å². The maximum absolute atomic E-state index is 12.1. The zero-order chi connectivity index (χ0) is 15.8. The molecule has 1 heterocycles. The highest BCUT2D eigenvalue weighted by molar-refractivity contribution is 8.13. The van der Waals surface area contributed by atoms with Crippen molar-refractivity contribution in [2.75, 3.05) is 5.32 Å². The van der Waals surface area contributed by atoms with Crippen LogP contribution < -0.4 is 5.32 Å². The van der Waals surface area contributed by atoms with E-state index in [4.69, 9.17) is 22.3 Å².